The fraction of sp³-hybridized carbons (Fsp3) is 0.333. The molecule has 10 nitrogen and oxygen atoms in total. The van der Waals surface area contributed by atoms with Crippen molar-refractivity contribution >= 4 is 40.7 Å². The SMILES string of the molecule is O=C(O)N(CCN1CCN(c2ccc(OCC3COC(Cn4ccnc4)(c4ccc(Cl)cc4Cl)O3)cc2)CC1)c1ccccc1. The minimum absolute atomic E-state index is 0.311. The van der Waals surface area contributed by atoms with Gasteiger partial charge in [-0.15, -0.1) is 0 Å². The third-order valence-corrected chi connectivity index (χ3v) is 8.65. The van der Waals surface area contributed by atoms with Gasteiger partial charge in [-0.05, 0) is 48.5 Å². The lowest BCUT2D eigenvalue weighted by Gasteiger charge is -2.36. The highest BCUT2D eigenvalue weighted by Gasteiger charge is 2.45. The monoisotopic (exact) mass is 651 g/mol. The average Bonchev–Trinajstić information content (AvgIpc) is 3.72. The molecule has 6 rings (SSSR count). The van der Waals surface area contributed by atoms with Crippen LogP contribution in [0.4, 0.5) is 16.2 Å². The van der Waals surface area contributed by atoms with Gasteiger partial charge in [0.1, 0.15) is 18.5 Å². The molecular formula is C33H35Cl2N5O5. The Labute approximate surface area is 272 Å². The smallest absolute Gasteiger partial charge is 0.411 e. The van der Waals surface area contributed by atoms with Crippen molar-refractivity contribution in [3.63, 3.8) is 0 Å². The van der Waals surface area contributed by atoms with Crippen molar-refractivity contribution in [2.75, 3.05) is 62.3 Å². The topological polar surface area (TPSA) is 92.5 Å². The molecule has 2 aliphatic rings. The summed E-state index contributed by atoms with van der Waals surface area (Å²) in [5, 5.41) is 10.7. The van der Waals surface area contributed by atoms with Gasteiger partial charge in [0, 0.05) is 73.6 Å². The molecule has 2 fully saturated rings. The summed E-state index contributed by atoms with van der Waals surface area (Å²) >= 11 is 12.7. The van der Waals surface area contributed by atoms with Crippen LogP contribution in [0.25, 0.3) is 0 Å². The van der Waals surface area contributed by atoms with Crippen molar-refractivity contribution < 1.29 is 24.1 Å². The molecule has 2 unspecified atom stereocenters. The van der Waals surface area contributed by atoms with Crippen molar-refractivity contribution in [2.24, 2.45) is 0 Å². The molecule has 1 N–H and O–H groups in total. The van der Waals surface area contributed by atoms with Crippen LogP contribution < -0.4 is 14.5 Å². The quantitative estimate of drug-likeness (QED) is 0.216. The third-order valence-electron chi connectivity index (χ3n) is 8.10. The van der Waals surface area contributed by atoms with Crippen molar-refractivity contribution in [3.05, 3.63) is 107 Å². The molecule has 4 aromatic rings. The van der Waals surface area contributed by atoms with Crippen molar-refractivity contribution in [1.82, 2.24) is 14.5 Å². The van der Waals surface area contributed by atoms with Crippen LogP contribution in [0.1, 0.15) is 5.56 Å². The van der Waals surface area contributed by atoms with Gasteiger partial charge in [0.15, 0.2) is 0 Å². The molecule has 0 aliphatic carbocycles. The molecule has 0 saturated carbocycles. The van der Waals surface area contributed by atoms with Crippen molar-refractivity contribution in [2.45, 2.75) is 18.4 Å². The summed E-state index contributed by atoms with van der Waals surface area (Å²) in [6.45, 7) is 5.57. The molecular weight excluding hydrogens is 617 g/mol. The second kappa shape index (κ2) is 14.1. The summed E-state index contributed by atoms with van der Waals surface area (Å²) in [5.41, 5.74) is 2.51. The van der Waals surface area contributed by atoms with E-state index in [0.717, 1.165) is 37.6 Å². The predicted octanol–water partition coefficient (Wildman–Crippen LogP) is 5.84. The van der Waals surface area contributed by atoms with Gasteiger partial charge in [-0.3, -0.25) is 9.80 Å². The first-order chi connectivity index (χ1) is 21.9. The molecule has 236 valence electrons. The highest BCUT2D eigenvalue weighted by molar-refractivity contribution is 6.35. The molecule has 12 heteroatoms. The zero-order chi connectivity index (χ0) is 31.2. The van der Waals surface area contributed by atoms with Gasteiger partial charge < -0.3 is 28.8 Å². The van der Waals surface area contributed by atoms with E-state index in [2.05, 4.69) is 26.9 Å². The second-order valence-corrected chi connectivity index (χ2v) is 11.9. The van der Waals surface area contributed by atoms with E-state index in [-0.39, 0.29) is 6.10 Å². The first-order valence-electron chi connectivity index (χ1n) is 14.9. The first kappa shape index (κ1) is 31.2. The van der Waals surface area contributed by atoms with Gasteiger partial charge in [-0.2, -0.15) is 0 Å². The lowest BCUT2D eigenvalue weighted by molar-refractivity contribution is -0.189. The summed E-state index contributed by atoms with van der Waals surface area (Å²) in [7, 11) is 0. The van der Waals surface area contributed by atoms with E-state index in [4.69, 9.17) is 37.4 Å². The maximum atomic E-state index is 11.8. The number of para-hydroxylation sites is 1. The third kappa shape index (κ3) is 7.54. The van der Waals surface area contributed by atoms with Crippen molar-refractivity contribution in [3.8, 4) is 5.75 Å². The number of benzene rings is 3. The van der Waals surface area contributed by atoms with Crippen LogP contribution in [0.3, 0.4) is 0 Å². The first-order valence-corrected chi connectivity index (χ1v) is 15.6. The number of rotatable bonds is 11. The van der Waals surface area contributed by atoms with Crippen LogP contribution in [0.15, 0.2) is 91.5 Å². The van der Waals surface area contributed by atoms with Gasteiger partial charge in [0.2, 0.25) is 5.79 Å². The highest BCUT2D eigenvalue weighted by Crippen LogP contribution is 2.40. The van der Waals surface area contributed by atoms with Gasteiger partial charge in [0.05, 0.1) is 24.5 Å². The Bertz CT molecular complexity index is 1550. The number of nitrogens with zero attached hydrogens (tertiary/aromatic N) is 5. The molecule has 2 atom stereocenters. The zero-order valence-corrected chi connectivity index (χ0v) is 26.2. The molecule has 0 bridgehead atoms. The summed E-state index contributed by atoms with van der Waals surface area (Å²) in [6.07, 6.45) is 4.02. The number of hydrogen-bond donors (Lipinski definition) is 1. The molecule has 1 amide bonds. The second-order valence-electron chi connectivity index (χ2n) is 11.1. The lowest BCUT2D eigenvalue weighted by Crippen LogP contribution is -2.49. The summed E-state index contributed by atoms with van der Waals surface area (Å²) in [6, 6.07) is 22.6. The highest BCUT2D eigenvalue weighted by atomic mass is 35.5. The molecule has 2 saturated heterocycles. The van der Waals surface area contributed by atoms with Crippen LogP contribution >= 0.6 is 23.2 Å². The number of ether oxygens (including phenoxy) is 3. The standard InChI is InChI=1S/C33H35Cl2N5O5/c34-25-6-11-30(31(35)20-25)33(23-38-13-12-36-24-38)44-22-29(45-33)21-43-28-9-7-26(8-10-28)39-17-14-37(15-18-39)16-19-40(32(41)42)27-4-2-1-3-5-27/h1-13,20,24,29H,14-19,21-23H2,(H,41,42). The normalized spacial score (nSPS) is 20.3. The fourth-order valence-corrected chi connectivity index (χ4v) is 6.28. The average molecular weight is 653 g/mol. The largest absolute Gasteiger partial charge is 0.491 e. The van der Waals surface area contributed by atoms with Crippen LogP contribution in [-0.4, -0.2) is 84.2 Å². The number of carbonyl (C=O) groups is 1. The number of amides is 1. The maximum Gasteiger partial charge on any atom is 0.411 e. The Morgan fingerprint density at radius 3 is 2.51 bits per heavy atom. The molecule has 1 aromatic heterocycles. The maximum absolute atomic E-state index is 11.8. The van der Waals surface area contributed by atoms with Crippen molar-refractivity contribution in [1.29, 1.82) is 0 Å². The Kier molecular flexibility index (Phi) is 9.77. The number of hydrogen-bond acceptors (Lipinski definition) is 7. The Morgan fingerprint density at radius 2 is 1.82 bits per heavy atom. The van der Waals surface area contributed by atoms with E-state index in [0.29, 0.717) is 54.1 Å². The fourth-order valence-electron chi connectivity index (χ4n) is 5.73. The van der Waals surface area contributed by atoms with Gasteiger partial charge in [-0.1, -0.05) is 47.5 Å². The zero-order valence-electron chi connectivity index (χ0n) is 24.7. The van der Waals surface area contributed by atoms with E-state index in [1.807, 2.05) is 59.3 Å². The minimum Gasteiger partial charge on any atom is -0.491 e. The van der Waals surface area contributed by atoms with Crippen LogP contribution in [0.5, 0.6) is 5.75 Å². The van der Waals surface area contributed by atoms with E-state index < -0.39 is 11.9 Å². The Balaban J connectivity index is 0.998. The molecule has 3 heterocycles. The minimum atomic E-state index is -1.10. The summed E-state index contributed by atoms with van der Waals surface area (Å²) < 4.78 is 20.8. The number of aromatic nitrogens is 2. The molecule has 0 spiro atoms. The lowest BCUT2D eigenvalue weighted by atomic mass is 10.1. The number of imidazole rings is 1. The van der Waals surface area contributed by atoms with Gasteiger partial charge >= 0.3 is 6.09 Å². The predicted molar refractivity (Wildman–Crippen MR) is 174 cm³/mol. The Morgan fingerprint density at radius 1 is 1.04 bits per heavy atom. The molecule has 3 aromatic carbocycles. The van der Waals surface area contributed by atoms with Crippen LogP contribution in [-0.2, 0) is 21.8 Å². The molecule has 45 heavy (non-hydrogen) atoms. The van der Waals surface area contributed by atoms with Gasteiger partial charge in [0.25, 0.3) is 0 Å². The number of halogens is 2. The molecule has 2 aliphatic heterocycles. The van der Waals surface area contributed by atoms with E-state index >= 15 is 0 Å². The van der Waals surface area contributed by atoms with E-state index in [9.17, 15) is 9.90 Å². The number of piperazine rings is 1. The number of carboxylic acid groups (broad SMARTS) is 1. The summed E-state index contributed by atoms with van der Waals surface area (Å²) in [4.78, 5) is 22.0. The van der Waals surface area contributed by atoms with Gasteiger partial charge in [-0.25, -0.2) is 9.78 Å². The molecule has 0 radical (unpaired) electrons. The van der Waals surface area contributed by atoms with E-state index in [1.54, 1.807) is 24.7 Å². The van der Waals surface area contributed by atoms with E-state index in [1.165, 1.54) is 4.90 Å². The number of anilines is 2. The van der Waals surface area contributed by atoms with Crippen LogP contribution in [0.2, 0.25) is 10.0 Å². The summed E-state index contributed by atoms with van der Waals surface area (Å²) in [5.74, 6) is -0.358. The Hall–Kier alpha value is -3.80. The van der Waals surface area contributed by atoms with Crippen LogP contribution in [0, 0.1) is 0 Å².